The Bertz CT molecular complexity index is 544. The third kappa shape index (κ3) is 2.57. The summed E-state index contributed by atoms with van der Waals surface area (Å²) in [4.78, 5) is 1.32. The number of thiophene rings is 1. The van der Waals surface area contributed by atoms with Gasteiger partial charge in [0.15, 0.2) is 0 Å². The predicted octanol–water partition coefficient (Wildman–Crippen LogP) is 4.16. The highest BCUT2D eigenvalue weighted by Crippen LogP contribution is 2.38. The lowest BCUT2D eigenvalue weighted by atomic mass is 10.0. The summed E-state index contributed by atoms with van der Waals surface area (Å²) in [5.74, 6) is 1.03. The number of ether oxygens (including phenoxy) is 1. The fourth-order valence-electron chi connectivity index (χ4n) is 2.54. The third-order valence-electron chi connectivity index (χ3n) is 3.40. The zero-order valence-electron chi connectivity index (χ0n) is 10.7. The molecule has 2 nitrogen and oxygen atoms in total. The summed E-state index contributed by atoms with van der Waals surface area (Å²) in [5.41, 5.74) is 1.31. The Morgan fingerprint density at radius 1 is 1.42 bits per heavy atom. The summed E-state index contributed by atoms with van der Waals surface area (Å²) in [7, 11) is 0. The average molecular weight is 338 g/mol. The minimum absolute atomic E-state index is 0.173. The lowest BCUT2D eigenvalue weighted by molar-refractivity contribution is 0.181. The van der Waals surface area contributed by atoms with Crippen LogP contribution in [0.5, 0.6) is 5.75 Å². The predicted molar refractivity (Wildman–Crippen MR) is 83.0 cm³/mol. The van der Waals surface area contributed by atoms with Gasteiger partial charge in [0.1, 0.15) is 11.9 Å². The quantitative estimate of drug-likeness (QED) is 0.904. The van der Waals surface area contributed by atoms with Gasteiger partial charge in [-0.25, -0.2) is 0 Å². The first-order chi connectivity index (χ1) is 9.29. The number of benzene rings is 1. The number of para-hydroxylation sites is 1. The molecule has 0 radical (unpaired) electrons. The second-order valence-corrected chi connectivity index (χ2v) is 6.44. The van der Waals surface area contributed by atoms with Crippen LogP contribution in [0.2, 0.25) is 0 Å². The van der Waals surface area contributed by atoms with Crippen molar-refractivity contribution in [3.63, 3.8) is 0 Å². The van der Waals surface area contributed by atoms with Crippen molar-refractivity contribution in [2.24, 2.45) is 0 Å². The van der Waals surface area contributed by atoms with Crippen molar-refractivity contribution in [2.45, 2.75) is 25.5 Å². The van der Waals surface area contributed by atoms with Gasteiger partial charge in [-0.2, -0.15) is 0 Å². The Morgan fingerprint density at radius 2 is 2.26 bits per heavy atom. The first kappa shape index (κ1) is 13.2. The monoisotopic (exact) mass is 337 g/mol. The molecule has 2 unspecified atom stereocenters. The van der Waals surface area contributed by atoms with E-state index in [0.29, 0.717) is 0 Å². The van der Waals surface area contributed by atoms with Gasteiger partial charge in [-0.15, -0.1) is 11.3 Å². The standard InChI is InChI=1S/C15H16BrNOS/c1-2-17-14(15-11(16)7-8-19-15)13-9-10-5-3-4-6-12(10)18-13/h3-8,13-14,17H,2,9H2,1H3. The van der Waals surface area contributed by atoms with Crippen molar-refractivity contribution >= 4 is 27.3 Å². The lowest BCUT2D eigenvalue weighted by Crippen LogP contribution is -2.34. The van der Waals surface area contributed by atoms with E-state index in [1.54, 1.807) is 11.3 Å². The van der Waals surface area contributed by atoms with Crippen LogP contribution in [-0.4, -0.2) is 12.6 Å². The van der Waals surface area contributed by atoms with Crippen molar-refractivity contribution in [3.05, 3.63) is 50.6 Å². The van der Waals surface area contributed by atoms with Crippen molar-refractivity contribution < 1.29 is 4.74 Å². The molecule has 0 bridgehead atoms. The van der Waals surface area contributed by atoms with Crippen LogP contribution >= 0.6 is 27.3 Å². The Balaban J connectivity index is 1.86. The minimum Gasteiger partial charge on any atom is -0.488 e. The number of hydrogen-bond acceptors (Lipinski definition) is 3. The van der Waals surface area contributed by atoms with E-state index < -0.39 is 0 Å². The molecule has 0 amide bonds. The summed E-state index contributed by atoms with van der Waals surface area (Å²) < 4.78 is 7.29. The molecular weight excluding hydrogens is 322 g/mol. The molecule has 4 heteroatoms. The molecule has 2 aromatic rings. The first-order valence-corrected chi connectivity index (χ1v) is 8.17. The van der Waals surface area contributed by atoms with Crippen LogP contribution in [0, 0.1) is 0 Å². The van der Waals surface area contributed by atoms with E-state index in [2.05, 4.69) is 57.8 Å². The van der Waals surface area contributed by atoms with Gasteiger partial charge in [-0.1, -0.05) is 25.1 Å². The van der Waals surface area contributed by atoms with Crippen LogP contribution in [0.15, 0.2) is 40.2 Å². The highest BCUT2D eigenvalue weighted by Gasteiger charge is 2.32. The van der Waals surface area contributed by atoms with E-state index in [-0.39, 0.29) is 12.1 Å². The van der Waals surface area contributed by atoms with Gasteiger partial charge in [0.25, 0.3) is 0 Å². The molecule has 0 saturated heterocycles. The van der Waals surface area contributed by atoms with Crippen molar-refractivity contribution in [1.29, 1.82) is 0 Å². The number of halogens is 1. The van der Waals surface area contributed by atoms with Gasteiger partial charge < -0.3 is 10.1 Å². The summed E-state index contributed by atoms with van der Waals surface area (Å²) in [6.45, 7) is 3.07. The molecule has 100 valence electrons. The molecule has 0 fully saturated rings. The van der Waals surface area contributed by atoms with Crippen LogP contribution in [0.3, 0.4) is 0 Å². The minimum atomic E-state index is 0.173. The molecule has 0 saturated carbocycles. The average Bonchev–Trinajstić information content (AvgIpc) is 3.02. The molecule has 1 aromatic carbocycles. The van der Waals surface area contributed by atoms with E-state index in [1.165, 1.54) is 14.9 Å². The van der Waals surface area contributed by atoms with E-state index in [9.17, 15) is 0 Å². The maximum absolute atomic E-state index is 6.12. The molecule has 2 atom stereocenters. The maximum Gasteiger partial charge on any atom is 0.123 e. The Morgan fingerprint density at radius 3 is 2.95 bits per heavy atom. The highest BCUT2D eigenvalue weighted by atomic mass is 79.9. The van der Waals surface area contributed by atoms with Crippen LogP contribution in [-0.2, 0) is 6.42 Å². The number of fused-ring (bicyclic) bond motifs is 1. The normalized spacial score (nSPS) is 18.9. The van der Waals surface area contributed by atoms with Gasteiger partial charge in [0.05, 0.1) is 6.04 Å². The lowest BCUT2D eigenvalue weighted by Gasteiger charge is -2.23. The summed E-state index contributed by atoms with van der Waals surface area (Å²) >= 11 is 5.41. The highest BCUT2D eigenvalue weighted by molar-refractivity contribution is 9.10. The number of nitrogens with one attached hydrogen (secondary N) is 1. The molecule has 2 heterocycles. The van der Waals surface area contributed by atoms with Gasteiger partial charge in [-0.05, 0) is 45.6 Å². The fraction of sp³-hybridized carbons (Fsp3) is 0.333. The van der Waals surface area contributed by atoms with Gasteiger partial charge in [0.2, 0.25) is 0 Å². The molecule has 1 aliphatic heterocycles. The molecule has 0 aliphatic carbocycles. The van der Waals surface area contributed by atoms with Crippen LogP contribution in [0.25, 0.3) is 0 Å². The Hall–Kier alpha value is -0.840. The molecule has 19 heavy (non-hydrogen) atoms. The molecule has 1 N–H and O–H groups in total. The third-order valence-corrected chi connectivity index (χ3v) is 5.35. The van der Waals surface area contributed by atoms with Crippen molar-refractivity contribution in [1.82, 2.24) is 5.32 Å². The van der Waals surface area contributed by atoms with E-state index in [4.69, 9.17) is 4.74 Å². The zero-order valence-corrected chi connectivity index (χ0v) is 13.1. The summed E-state index contributed by atoms with van der Waals surface area (Å²) in [6.07, 6.45) is 1.14. The Kier molecular flexibility index (Phi) is 3.91. The zero-order chi connectivity index (χ0) is 13.2. The van der Waals surface area contributed by atoms with Crippen LogP contribution in [0.4, 0.5) is 0 Å². The largest absolute Gasteiger partial charge is 0.488 e. The topological polar surface area (TPSA) is 21.3 Å². The number of hydrogen-bond donors (Lipinski definition) is 1. The molecule has 0 spiro atoms. The molecule has 1 aliphatic rings. The van der Waals surface area contributed by atoms with Crippen molar-refractivity contribution in [3.8, 4) is 5.75 Å². The SMILES string of the molecule is CCNC(c1sccc1Br)C1Cc2ccccc2O1. The van der Waals surface area contributed by atoms with Gasteiger partial charge in [0, 0.05) is 15.8 Å². The number of rotatable bonds is 4. The van der Waals surface area contributed by atoms with Crippen molar-refractivity contribution in [2.75, 3.05) is 6.54 Å². The van der Waals surface area contributed by atoms with Crippen LogP contribution < -0.4 is 10.1 Å². The van der Waals surface area contributed by atoms with E-state index in [1.807, 2.05) is 6.07 Å². The van der Waals surface area contributed by atoms with Gasteiger partial charge in [-0.3, -0.25) is 0 Å². The molecular formula is C15H16BrNOS. The van der Waals surface area contributed by atoms with Gasteiger partial charge >= 0.3 is 0 Å². The second kappa shape index (κ2) is 5.65. The first-order valence-electron chi connectivity index (χ1n) is 6.50. The second-order valence-electron chi connectivity index (χ2n) is 4.64. The van der Waals surface area contributed by atoms with E-state index in [0.717, 1.165) is 18.7 Å². The Labute approximate surface area is 125 Å². The summed E-state index contributed by atoms with van der Waals surface area (Å²) in [6, 6.07) is 10.7. The van der Waals surface area contributed by atoms with Crippen LogP contribution in [0.1, 0.15) is 23.4 Å². The summed E-state index contributed by atoms with van der Waals surface area (Å²) in [5, 5.41) is 5.67. The number of likely N-dealkylation sites (N-methyl/N-ethyl adjacent to an activating group) is 1. The smallest absolute Gasteiger partial charge is 0.123 e. The molecule has 1 aromatic heterocycles. The molecule has 3 rings (SSSR count). The maximum atomic E-state index is 6.12. The van der Waals surface area contributed by atoms with E-state index >= 15 is 0 Å². The fourth-order valence-corrected chi connectivity index (χ4v) is 4.28.